The highest BCUT2D eigenvalue weighted by atomic mass is 32.2. The first kappa shape index (κ1) is 23.5. The average Bonchev–Trinajstić information content (AvgIpc) is 2.86. The topological polar surface area (TPSA) is 98.0 Å². The molecule has 10 heteroatoms. The van der Waals surface area contributed by atoms with Crippen LogP contribution in [0.3, 0.4) is 0 Å². The maximum absolute atomic E-state index is 12.5. The summed E-state index contributed by atoms with van der Waals surface area (Å²) in [7, 11) is -3.88. The van der Waals surface area contributed by atoms with Crippen LogP contribution in [0.15, 0.2) is 23.2 Å². The van der Waals surface area contributed by atoms with Crippen LogP contribution in [0.1, 0.15) is 39.5 Å². The molecule has 0 bridgehead atoms. The van der Waals surface area contributed by atoms with E-state index >= 15 is 0 Å². The lowest BCUT2D eigenvalue weighted by Gasteiger charge is -2.19. The highest BCUT2D eigenvalue weighted by Crippen LogP contribution is 2.23. The Bertz CT molecular complexity index is 1110. The summed E-state index contributed by atoms with van der Waals surface area (Å²) in [5, 5.41) is 0. The summed E-state index contributed by atoms with van der Waals surface area (Å²) in [4.78, 5) is 30.9. The molecule has 1 aromatic carbocycles. The molecular formula is C21H29N3O5S2. The highest BCUT2D eigenvalue weighted by molar-refractivity contribution is 7.92. The number of rotatable bonds is 7. The monoisotopic (exact) mass is 467 g/mol. The molecule has 0 unspecified atom stereocenters. The number of thiazole rings is 1. The average molecular weight is 468 g/mol. The van der Waals surface area contributed by atoms with E-state index in [-0.39, 0.29) is 0 Å². The predicted molar refractivity (Wildman–Crippen MR) is 121 cm³/mol. The van der Waals surface area contributed by atoms with E-state index in [0.29, 0.717) is 31.0 Å². The standard InChI is InChI=1S/C21H29N3O5S2/c1-3-24-17-10-9-16(29-4-2)13-18(17)30-21(24)22-19(25)14-31(27,28)15-20(26)23-11-7-5-6-8-12-23/h9-10,13H,3-8,11-12,14-15H2,1-2H3. The van der Waals surface area contributed by atoms with E-state index in [2.05, 4.69) is 4.99 Å². The van der Waals surface area contributed by atoms with E-state index in [1.807, 2.05) is 36.6 Å². The van der Waals surface area contributed by atoms with Gasteiger partial charge in [0.25, 0.3) is 5.91 Å². The lowest BCUT2D eigenvalue weighted by atomic mass is 10.2. The van der Waals surface area contributed by atoms with Gasteiger partial charge in [-0.05, 0) is 44.9 Å². The number of carbonyl (C=O) groups excluding carboxylic acids is 2. The summed E-state index contributed by atoms with van der Waals surface area (Å²) in [5.74, 6) is -1.88. The fourth-order valence-electron chi connectivity index (χ4n) is 3.68. The van der Waals surface area contributed by atoms with Crippen LogP contribution < -0.4 is 9.54 Å². The van der Waals surface area contributed by atoms with Crippen molar-refractivity contribution < 1.29 is 22.7 Å². The Kier molecular flexibility index (Phi) is 7.88. The molecule has 2 amide bonds. The van der Waals surface area contributed by atoms with Gasteiger partial charge in [0.15, 0.2) is 14.6 Å². The van der Waals surface area contributed by atoms with Gasteiger partial charge in [0.1, 0.15) is 17.3 Å². The Labute approximate surface area is 186 Å². The van der Waals surface area contributed by atoms with Crippen LogP contribution in [0.5, 0.6) is 5.75 Å². The second-order valence-corrected chi connectivity index (χ2v) is 10.6. The minimum atomic E-state index is -3.88. The van der Waals surface area contributed by atoms with E-state index in [4.69, 9.17) is 4.74 Å². The summed E-state index contributed by atoms with van der Waals surface area (Å²) in [6, 6.07) is 5.64. The Balaban J connectivity index is 1.76. The lowest BCUT2D eigenvalue weighted by Crippen LogP contribution is -2.37. The molecule has 2 heterocycles. The SMILES string of the molecule is CCOc1ccc2c(c1)sc(=NC(=O)CS(=O)(=O)CC(=O)N1CCCCCC1)n2CC. The third-order valence-corrected chi connectivity index (χ3v) is 7.56. The largest absolute Gasteiger partial charge is 0.494 e. The molecule has 3 rings (SSSR count). The number of hydrogen-bond acceptors (Lipinski definition) is 6. The number of ether oxygens (including phenoxy) is 1. The number of carbonyl (C=O) groups is 2. The predicted octanol–water partition coefficient (Wildman–Crippen LogP) is 2.37. The molecule has 31 heavy (non-hydrogen) atoms. The molecule has 1 aromatic heterocycles. The summed E-state index contributed by atoms with van der Waals surface area (Å²) >= 11 is 1.31. The quantitative estimate of drug-likeness (QED) is 0.623. The first-order chi connectivity index (χ1) is 14.8. The normalized spacial score (nSPS) is 15.8. The van der Waals surface area contributed by atoms with Crippen molar-refractivity contribution in [1.29, 1.82) is 0 Å². The third kappa shape index (κ3) is 6.16. The molecule has 2 aromatic rings. The Morgan fingerprint density at radius 1 is 1.10 bits per heavy atom. The second kappa shape index (κ2) is 10.4. The number of hydrogen-bond donors (Lipinski definition) is 0. The molecule has 0 atom stereocenters. The number of amides is 2. The number of sulfone groups is 1. The summed E-state index contributed by atoms with van der Waals surface area (Å²) in [6.45, 7) is 6.13. The minimum Gasteiger partial charge on any atom is -0.494 e. The molecular weight excluding hydrogens is 438 g/mol. The second-order valence-electron chi connectivity index (χ2n) is 7.52. The molecule has 0 spiro atoms. The first-order valence-corrected chi connectivity index (χ1v) is 13.3. The van der Waals surface area contributed by atoms with Crippen molar-refractivity contribution >= 4 is 43.2 Å². The molecule has 170 valence electrons. The first-order valence-electron chi connectivity index (χ1n) is 10.6. The Hall–Kier alpha value is -2.20. The van der Waals surface area contributed by atoms with Crippen molar-refractivity contribution in [1.82, 2.24) is 9.47 Å². The van der Waals surface area contributed by atoms with Crippen LogP contribution in [-0.4, -0.2) is 60.9 Å². The van der Waals surface area contributed by atoms with Gasteiger partial charge in [-0.1, -0.05) is 24.2 Å². The Morgan fingerprint density at radius 3 is 2.45 bits per heavy atom. The number of likely N-dealkylation sites (tertiary alicyclic amines) is 1. The van der Waals surface area contributed by atoms with E-state index in [9.17, 15) is 18.0 Å². The minimum absolute atomic E-state index is 0.427. The maximum atomic E-state index is 12.5. The van der Waals surface area contributed by atoms with E-state index in [1.165, 1.54) is 11.3 Å². The number of nitrogens with zero attached hydrogens (tertiary/aromatic N) is 3. The van der Waals surface area contributed by atoms with Crippen molar-refractivity contribution in [3.05, 3.63) is 23.0 Å². The zero-order chi connectivity index (χ0) is 22.4. The van der Waals surface area contributed by atoms with Crippen molar-refractivity contribution in [2.24, 2.45) is 4.99 Å². The van der Waals surface area contributed by atoms with Crippen LogP contribution in [-0.2, 0) is 26.0 Å². The third-order valence-electron chi connectivity index (χ3n) is 5.15. The van der Waals surface area contributed by atoms with E-state index < -0.39 is 33.2 Å². The van der Waals surface area contributed by atoms with Crippen LogP contribution >= 0.6 is 11.3 Å². The van der Waals surface area contributed by atoms with Gasteiger partial charge in [0.05, 0.1) is 16.8 Å². The van der Waals surface area contributed by atoms with Gasteiger partial charge in [-0.2, -0.15) is 4.99 Å². The molecule has 1 fully saturated rings. The van der Waals surface area contributed by atoms with Crippen molar-refractivity contribution in [3.8, 4) is 5.75 Å². The van der Waals surface area contributed by atoms with Crippen LogP contribution in [0, 0.1) is 0 Å². The molecule has 1 aliphatic heterocycles. The van der Waals surface area contributed by atoms with Gasteiger partial charge in [0.2, 0.25) is 5.91 Å². The molecule has 0 N–H and O–H groups in total. The van der Waals surface area contributed by atoms with Crippen molar-refractivity contribution in [3.63, 3.8) is 0 Å². The number of aromatic nitrogens is 1. The van der Waals surface area contributed by atoms with Gasteiger partial charge in [-0.25, -0.2) is 8.42 Å². The van der Waals surface area contributed by atoms with Crippen LogP contribution in [0.25, 0.3) is 10.2 Å². The van der Waals surface area contributed by atoms with E-state index in [1.54, 1.807) is 4.90 Å². The molecule has 8 nitrogen and oxygen atoms in total. The van der Waals surface area contributed by atoms with Gasteiger partial charge in [-0.3, -0.25) is 9.59 Å². The molecule has 0 radical (unpaired) electrons. The fraction of sp³-hybridized carbons (Fsp3) is 0.571. The molecule has 1 aliphatic rings. The zero-order valence-corrected chi connectivity index (χ0v) is 19.6. The van der Waals surface area contributed by atoms with Gasteiger partial charge >= 0.3 is 0 Å². The highest BCUT2D eigenvalue weighted by Gasteiger charge is 2.25. The lowest BCUT2D eigenvalue weighted by molar-refractivity contribution is -0.128. The molecule has 0 aliphatic carbocycles. The summed E-state index contributed by atoms with van der Waals surface area (Å²) in [6.07, 6.45) is 3.86. The number of fused-ring (bicyclic) bond motifs is 1. The summed E-state index contributed by atoms with van der Waals surface area (Å²) < 4.78 is 33.2. The fourth-order valence-corrected chi connectivity index (χ4v) is 5.92. The van der Waals surface area contributed by atoms with Gasteiger partial charge in [-0.15, -0.1) is 0 Å². The van der Waals surface area contributed by atoms with E-state index in [0.717, 1.165) is 41.6 Å². The molecule has 0 saturated carbocycles. The number of benzene rings is 1. The zero-order valence-electron chi connectivity index (χ0n) is 18.0. The summed E-state index contributed by atoms with van der Waals surface area (Å²) in [5.41, 5.74) is 0.904. The molecule has 1 saturated heterocycles. The smallest absolute Gasteiger partial charge is 0.263 e. The van der Waals surface area contributed by atoms with Crippen LogP contribution in [0.4, 0.5) is 0 Å². The van der Waals surface area contributed by atoms with Crippen LogP contribution in [0.2, 0.25) is 0 Å². The van der Waals surface area contributed by atoms with Gasteiger partial charge in [0, 0.05) is 19.6 Å². The van der Waals surface area contributed by atoms with Gasteiger partial charge < -0.3 is 14.2 Å². The maximum Gasteiger partial charge on any atom is 0.263 e. The number of aryl methyl sites for hydroxylation is 1. The van der Waals surface area contributed by atoms with Crippen molar-refractivity contribution in [2.75, 3.05) is 31.2 Å². The Morgan fingerprint density at radius 2 is 1.81 bits per heavy atom. The van der Waals surface area contributed by atoms with Crippen molar-refractivity contribution in [2.45, 2.75) is 46.1 Å².